The van der Waals surface area contributed by atoms with Gasteiger partial charge in [-0.3, -0.25) is 24.0 Å². The van der Waals surface area contributed by atoms with Gasteiger partial charge in [-0.15, -0.1) is 0 Å². The van der Waals surface area contributed by atoms with Crippen LogP contribution in [0.3, 0.4) is 0 Å². The van der Waals surface area contributed by atoms with E-state index in [0.29, 0.717) is 13.0 Å². The van der Waals surface area contributed by atoms with E-state index in [-0.39, 0.29) is 56.8 Å². The Bertz CT molecular complexity index is 881. The predicted molar refractivity (Wildman–Crippen MR) is 200 cm³/mol. The SMILES string of the molecule is CCCCCCCCCCCCCC(=O)OCC(COC(=O)CCC(=O)NCCN(C)C(C)=O)OC(=O)CCCCCCCCCCCCC. The number of rotatable bonds is 35. The van der Waals surface area contributed by atoms with Crippen molar-refractivity contribution in [3.8, 4) is 0 Å². The zero-order chi connectivity index (χ0) is 37.1. The highest BCUT2D eigenvalue weighted by molar-refractivity contribution is 5.81. The summed E-state index contributed by atoms with van der Waals surface area (Å²) in [6, 6.07) is 0. The summed E-state index contributed by atoms with van der Waals surface area (Å²) in [5, 5.41) is 2.67. The van der Waals surface area contributed by atoms with Crippen LogP contribution in [-0.4, -0.2) is 74.1 Å². The van der Waals surface area contributed by atoms with Crippen molar-refractivity contribution in [3.63, 3.8) is 0 Å². The Morgan fingerprint density at radius 3 is 1.32 bits per heavy atom. The lowest BCUT2D eigenvalue weighted by Crippen LogP contribution is -2.35. The van der Waals surface area contributed by atoms with Gasteiger partial charge in [-0.2, -0.15) is 0 Å². The third-order valence-electron chi connectivity index (χ3n) is 8.99. The molecule has 0 bridgehead atoms. The molecule has 10 heteroatoms. The number of amides is 2. The van der Waals surface area contributed by atoms with Crippen molar-refractivity contribution in [2.45, 2.75) is 194 Å². The summed E-state index contributed by atoms with van der Waals surface area (Å²) < 4.78 is 16.3. The van der Waals surface area contributed by atoms with Gasteiger partial charge in [0.15, 0.2) is 6.10 Å². The van der Waals surface area contributed by atoms with Crippen LogP contribution in [0.25, 0.3) is 0 Å². The van der Waals surface area contributed by atoms with Crippen LogP contribution in [0, 0.1) is 0 Å². The summed E-state index contributed by atoms with van der Waals surface area (Å²) in [6.07, 6.45) is 25.5. The molecule has 0 spiro atoms. The Morgan fingerprint density at radius 1 is 0.520 bits per heavy atom. The molecule has 50 heavy (non-hydrogen) atoms. The summed E-state index contributed by atoms with van der Waals surface area (Å²) >= 11 is 0. The van der Waals surface area contributed by atoms with Crippen LogP contribution in [0.1, 0.15) is 188 Å². The molecule has 0 aromatic heterocycles. The highest BCUT2D eigenvalue weighted by Gasteiger charge is 2.20. The third-order valence-corrected chi connectivity index (χ3v) is 8.99. The number of unbranched alkanes of at least 4 members (excludes halogenated alkanes) is 20. The van der Waals surface area contributed by atoms with Crippen molar-refractivity contribution < 1.29 is 38.2 Å². The second-order valence-corrected chi connectivity index (χ2v) is 13.8. The van der Waals surface area contributed by atoms with Crippen molar-refractivity contribution in [2.24, 2.45) is 0 Å². The molecule has 0 aliphatic carbocycles. The maximum atomic E-state index is 12.6. The second-order valence-electron chi connectivity index (χ2n) is 13.8. The van der Waals surface area contributed by atoms with E-state index < -0.39 is 18.0 Å². The number of nitrogens with zero attached hydrogens (tertiary/aromatic N) is 1. The van der Waals surface area contributed by atoms with Crippen LogP contribution in [-0.2, 0) is 38.2 Å². The molecular formula is C40H74N2O8. The second kappa shape index (κ2) is 34.8. The number of carbonyl (C=O) groups excluding carboxylic acids is 5. The molecule has 0 aliphatic heterocycles. The maximum Gasteiger partial charge on any atom is 0.306 e. The van der Waals surface area contributed by atoms with Crippen LogP contribution in [0.4, 0.5) is 0 Å². The van der Waals surface area contributed by atoms with Gasteiger partial charge in [-0.25, -0.2) is 0 Å². The molecule has 0 aromatic rings. The summed E-state index contributed by atoms with van der Waals surface area (Å²) in [4.78, 5) is 62.2. The van der Waals surface area contributed by atoms with E-state index >= 15 is 0 Å². The standard InChI is InChI=1S/C40H74N2O8/c1-5-7-9-11-13-15-17-19-21-23-25-27-38(45)48-33-36(34-49-39(46)30-29-37(44)41-31-32-42(4)35(3)43)50-40(47)28-26-24-22-20-18-16-14-12-10-8-6-2/h36H,5-34H2,1-4H3,(H,41,44). The maximum absolute atomic E-state index is 12.6. The van der Waals surface area contributed by atoms with E-state index in [0.717, 1.165) is 38.5 Å². The fraction of sp³-hybridized carbons (Fsp3) is 0.875. The Hall–Kier alpha value is -2.65. The van der Waals surface area contributed by atoms with Crippen LogP contribution in [0.5, 0.6) is 0 Å². The minimum absolute atomic E-state index is 0.0696. The van der Waals surface area contributed by atoms with Crippen molar-refractivity contribution in [3.05, 3.63) is 0 Å². The van der Waals surface area contributed by atoms with Gasteiger partial charge >= 0.3 is 17.9 Å². The fourth-order valence-electron chi connectivity index (χ4n) is 5.57. The molecule has 1 N–H and O–H groups in total. The molecule has 0 rings (SSSR count). The molecule has 0 saturated carbocycles. The largest absolute Gasteiger partial charge is 0.462 e. The molecule has 1 atom stereocenters. The first-order valence-electron chi connectivity index (χ1n) is 20.2. The fourth-order valence-corrected chi connectivity index (χ4v) is 5.57. The number of likely N-dealkylation sites (N-methyl/N-ethyl adjacent to an activating group) is 1. The number of ether oxygens (including phenoxy) is 3. The highest BCUT2D eigenvalue weighted by atomic mass is 16.6. The molecule has 0 fully saturated rings. The Morgan fingerprint density at radius 2 is 0.900 bits per heavy atom. The molecule has 0 saturated heterocycles. The highest BCUT2D eigenvalue weighted by Crippen LogP contribution is 2.14. The van der Waals surface area contributed by atoms with Crippen LogP contribution in [0.2, 0.25) is 0 Å². The van der Waals surface area contributed by atoms with Crippen molar-refractivity contribution in [2.75, 3.05) is 33.4 Å². The molecule has 0 aliphatic rings. The number of nitrogens with one attached hydrogen (secondary N) is 1. The van der Waals surface area contributed by atoms with Gasteiger partial charge < -0.3 is 24.4 Å². The minimum atomic E-state index is -0.906. The molecule has 292 valence electrons. The lowest BCUT2D eigenvalue weighted by molar-refractivity contribution is -0.167. The van der Waals surface area contributed by atoms with E-state index in [9.17, 15) is 24.0 Å². The van der Waals surface area contributed by atoms with Crippen molar-refractivity contribution >= 4 is 29.7 Å². The quantitative estimate of drug-likeness (QED) is 0.0393. The van der Waals surface area contributed by atoms with Gasteiger partial charge in [0.2, 0.25) is 11.8 Å². The first-order chi connectivity index (χ1) is 24.2. The number of esters is 3. The van der Waals surface area contributed by atoms with Crippen LogP contribution < -0.4 is 5.32 Å². The van der Waals surface area contributed by atoms with Gasteiger partial charge in [0.05, 0.1) is 6.42 Å². The minimum Gasteiger partial charge on any atom is -0.462 e. The lowest BCUT2D eigenvalue weighted by atomic mass is 10.1. The molecular weight excluding hydrogens is 636 g/mol. The first-order valence-corrected chi connectivity index (χ1v) is 20.2. The number of hydrogen-bond donors (Lipinski definition) is 1. The Labute approximate surface area is 304 Å². The Kier molecular flexibility index (Phi) is 32.9. The Balaban J connectivity index is 4.48. The first kappa shape index (κ1) is 47.4. The van der Waals surface area contributed by atoms with Gasteiger partial charge in [0, 0.05) is 46.3 Å². The summed E-state index contributed by atoms with van der Waals surface area (Å²) in [5.74, 6) is -1.80. The topological polar surface area (TPSA) is 128 Å². The van der Waals surface area contributed by atoms with E-state index in [1.807, 2.05) is 0 Å². The predicted octanol–water partition coefficient (Wildman–Crippen LogP) is 8.76. The normalized spacial score (nSPS) is 11.5. The zero-order valence-corrected chi connectivity index (χ0v) is 32.5. The van der Waals surface area contributed by atoms with Crippen LogP contribution >= 0.6 is 0 Å². The summed E-state index contributed by atoms with van der Waals surface area (Å²) in [6.45, 7) is 6.13. The zero-order valence-electron chi connectivity index (χ0n) is 32.5. The molecule has 0 radical (unpaired) electrons. The number of hydrogen-bond acceptors (Lipinski definition) is 8. The lowest BCUT2D eigenvalue weighted by Gasteiger charge is -2.18. The van der Waals surface area contributed by atoms with Crippen LogP contribution in [0.15, 0.2) is 0 Å². The third kappa shape index (κ3) is 32.5. The van der Waals surface area contributed by atoms with E-state index in [1.54, 1.807) is 7.05 Å². The van der Waals surface area contributed by atoms with Gasteiger partial charge in [-0.05, 0) is 12.8 Å². The van der Waals surface area contributed by atoms with E-state index in [1.165, 1.54) is 115 Å². The average Bonchev–Trinajstić information content (AvgIpc) is 3.09. The number of carbonyl (C=O) groups is 5. The monoisotopic (exact) mass is 711 g/mol. The molecule has 10 nitrogen and oxygen atoms in total. The summed E-state index contributed by atoms with van der Waals surface area (Å²) in [5.41, 5.74) is 0. The average molecular weight is 711 g/mol. The smallest absolute Gasteiger partial charge is 0.306 e. The van der Waals surface area contributed by atoms with Gasteiger partial charge in [0.1, 0.15) is 13.2 Å². The van der Waals surface area contributed by atoms with Crippen molar-refractivity contribution in [1.82, 2.24) is 10.2 Å². The summed E-state index contributed by atoms with van der Waals surface area (Å²) in [7, 11) is 1.64. The van der Waals surface area contributed by atoms with Gasteiger partial charge in [0.25, 0.3) is 0 Å². The molecule has 0 heterocycles. The molecule has 1 unspecified atom stereocenters. The van der Waals surface area contributed by atoms with E-state index in [2.05, 4.69) is 19.2 Å². The van der Waals surface area contributed by atoms with Gasteiger partial charge in [-0.1, -0.05) is 142 Å². The van der Waals surface area contributed by atoms with Crippen molar-refractivity contribution in [1.29, 1.82) is 0 Å². The molecule has 0 aromatic carbocycles. The van der Waals surface area contributed by atoms with E-state index in [4.69, 9.17) is 14.2 Å². The molecule has 2 amide bonds.